The normalized spacial score (nSPS) is 24.9. The fraction of sp³-hybridized carbons (Fsp3) is 0.441. The molecule has 3 aromatic carbocycles. The van der Waals surface area contributed by atoms with Gasteiger partial charge in [0.15, 0.2) is 11.6 Å². The van der Waals surface area contributed by atoms with Gasteiger partial charge in [-0.15, -0.1) is 0 Å². The summed E-state index contributed by atoms with van der Waals surface area (Å²) in [6.45, 7) is 6.72. The Bertz CT molecular complexity index is 1460. The van der Waals surface area contributed by atoms with Crippen LogP contribution in [0.5, 0.6) is 5.75 Å². The van der Waals surface area contributed by atoms with Crippen molar-refractivity contribution >= 4 is 5.97 Å². The molecular formula is C34H36F2O3. The summed E-state index contributed by atoms with van der Waals surface area (Å²) < 4.78 is 36.9. The van der Waals surface area contributed by atoms with Gasteiger partial charge in [-0.1, -0.05) is 56.2 Å². The van der Waals surface area contributed by atoms with E-state index in [0.29, 0.717) is 24.0 Å². The van der Waals surface area contributed by atoms with E-state index in [1.807, 2.05) is 31.2 Å². The average Bonchev–Trinajstić information content (AvgIpc) is 3.50. The number of hydrogen-bond donors (Lipinski definition) is 1. The molecule has 0 saturated heterocycles. The molecule has 2 saturated carbocycles. The second kappa shape index (κ2) is 9.46. The number of carbonyl (C=O) groups is 1. The first-order valence-electron chi connectivity index (χ1n) is 14.2. The highest BCUT2D eigenvalue weighted by atomic mass is 19.1. The van der Waals surface area contributed by atoms with E-state index in [1.165, 1.54) is 6.07 Å². The van der Waals surface area contributed by atoms with Crippen molar-refractivity contribution < 1.29 is 23.4 Å². The third-order valence-corrected chi connectivity index (χ3v) is 9.69. The van der Waals surface area contributed by atoms with Crippen molar-refractivity contribution in [1.29, 1.82) is 0 Å². The number of rotatable bonds is 6. The highest BCUT2D eigenvalue weighted by molar-refractivity contribution is 5.78. The van der Waals surface area contributed by atoms with Gasteiger partial charge in [-0.3, -0.25) is 4.79 Å². The minimum atomic E-state index is -0.846. The maximum atomic E-state index is 15.9. The predicted octanol–water partition coefficient (Wildman–Crippen LogP) is 8.49. The van der Waals surface area contributed by atoms with Crippen LogP contribution in [0.4, 0.5) is 8.78 Å². The van der Waals surface area contributed by atoms with Crippen LogP contribution in [0.1, 0.15) is 86.1 Å². The van der Waals surface area contributed by atoms with Gasteiger partial charge in [0.1, 0.15) is 12.4 Å². The van der Waals surface area contributed by atoms with Crippen molar-refractivity contribution in [3.8, 4) is 16.9 Å². The van der Waals surface area contributed by atoms with Crippen LogP contribution in [0.25, 0.3) is 11.1 Å². The van der Waals surface area contributed by atoms with E-state index in [2.05, 4.69) is 19.9 Å². The zero-order valence-corrected chi connectivity index (χ0v) is 22.9. The maximum absolute atomic E-state index is 15.9. The first kappa shape index (κ1) is 26.0. The molecule has 3 aliphatic rings. The van der Waals surface area contributed by atoms with Crippen molar-refractivity contribution in [2.45, 2.75) is 83.7 Å². The number of hydrogen-bond acceptors (Lipinski definition) is 2. The number of carboxylic acids is 1. The van der Waals surface area contributed by atoms with E-state index < -0.39 is 23.1 Å². The fourth-order valence-corrected chi connectivity index (χ4v) is 7.50. The van der Waals surface area contributed by atoms with E-state index in [-0.39, 0.29) is 29.5 Å². The molecule has 3 atom stereocenters. The van der Waals surface area contributed by atoms with Crippen LogP contribution in [0, 0.1) is 29.9 Å². The van der Waals surface area contributed by atoms with Crippen molar-refractivity contribution in [1.82, 2.24) is 0 Å². The highest BCUT2D eigenvalue weighted by Gasteiger charge is 2.62. The lowest BCUT2D eigenvalue weighted by Gasteiger charge is -2.30. The fourth-order valence-electron chi connectivity index (χ4n) is 7.50. The molecule has 3 nitrogen and oxygen atoms in total. The summed E-state index contributed by atoms with van der Waals surface area (Å²) in [6, 6.07) is 14.9. The molecule has 2 fully saturated rings. The molecule has 0 radical (unpaired) electrons. The molecule has 6 rings (SSSR count). The molecule has 0 amide bonds. The molecule has 1 N–H and O–H groups in total. The van der Waals surface area contributed by atoms with Crippen LogP contribution in [-0.4, -0.2) is 11.1 Å². The van der Waals surface area contributed by atoms with Gasteiger partial charge in [-0.25, -0.2) is 8.78 Å². The van der Waals surface area contributed by atoms with Gasteiger partial charge >= 0.3 is 5.97 Å². The number of benzene rings is 3. The summed E-state index contributed by atoms with van der Waals surface area (Å²) >= 11 is 0. The second-order valence-electron chi connectivity index (χ2n) is 12.6. The van der Waals surface area contributed by atoms with Gasteiger partial charge < -0.3 is 9.84 Å². The van der Waals surface area contributed by atoms with E-state index in [1.54, 1.807) is 12.1 Å². The second-order valence-corrected chi connectivity index (χ2v) is 12.6. The molecular weight excluding hydrogens is 494 g/mol. The van der Waals surface area contributed by atoms with E-state index in [9.17, 15) is 9.90 Å². The SMILES string of the molecule is Cc1ccc(F)c(-c2ccc(COc3ccc4c(c3F)[C@@]3(CCC4)C[C@@H]3C(=O)O)cc2[C@@H]2CCCC2(C)C)c1. The molecule has 1 spiro atoms. The van der Waals surface area contributed by atoms with Crippen molar-refractivity contribution in [3.05, 3.63) is 88.0 Å². The Kier molecular flexibility index (Phi) is 6.32. The zero-order valence-electron chi connectivity index (χ0n) is 22.9. The molecule has 204 valence electrons. The first-order chi connectivity index (χ1) is 18.6. The summed E-state index contributed by atoms with van der Waals surface area (Å²) in [6.07, 6.45) is 6.13. The van der Waals surface area contributed by atoms with Crippen LogP contribution in [0.3, 0.4) is 0 Å². The number of aryl methyl sites for hydroxylation is 2. The Morgan fingerprint density at radius 1 is 1.03 bits per heavy atom. The van der Waals surface area contributed by atoms with Gasteiger partial charge in [0.05, 0.1) is 5.92 Å². The molecule has 0 bridgehead atoms. The smallest absolute Gasteiger partial charge is 0.307 e. The van der Waals surface area contributed by atoms with Crippen LogP contribution in [-0.2, 0) is 23.2 Å². The Morgan fingerprint density at radius 3 is 2.56 bits per heavy atom. The average molecular weight is 531 g/mol. The Labute approximate surface area is 229 Å². The third-order valence-electron chi connectivity index (χ3n) is 9.69. The minimum absolute atomic E-state index is 0.0956. The summed E-state index contributed by atoms with van der Waals surface area (Å²) in [4.78, 5) is 11.7. The minimum Gasteiger partial charge on any atom is -0.486 e. The van der Waals surface area contributed by atoms with Crippen LogP contribution >= 0.6 is 0 Å². The van der Waals surface area contributed by atoms with Crippen molar-refractivity contribution in [2.75, 3.05) is 0 Å². The van der Waals surface area contributed by atoms with Gasteiger partial charge in [0, 0.05) is 16.5 Å². The lowest BCUT2D eigenvalue weighted by atomic mass is 9.75. The Morgan fingerprint density at radius 2 is 1.85 bits per heavy atom. The zero-order chi connectivity index (χ0) is 27.5. The topological polar surface area (TPSA) is 46.5 Å². The van der Waals surface area contributed by atoms with Crippen LogP contribution in [0.15, 0.2) is 48.5 Å². The predicted molar refractivity (Wildman–Crippen MR) is 148 cm³/mol. The van der Waals surface area contributed by atoms with Gasteiger partial charge in [-0.2, -0.15) is 0 Å². The van der Waals surface area contributed by atoms with Crippen LogP contribution in [0.2, 0.25) is 0 Å². The number of aliphatic carboxylic acids is 1. The van der Waals surface area contributed by atoms with Crippen molar-refractivity contribution in [3.63, 3.8) is 0 Å². The molecule has 0 aliphatic heterocycles. The highest BCUT2D eigenvalue weighted by Crippen LogP contribution is 2.61. The van der Waals surface area contributed by atoms with E-state index >= 15 is 8.78 Å². The number of carboxylic acid groups (broad SMARTS) is 1. The number of halogens is 2. The van der Waals surface area contributed by atoms with E-state index in [4.69, 9.17) is 4.74 Å². The molecule has 0 aromatic heterocycles. The summed E-state index contributed by atoms with van der Waals surface area (Å²) in [5.41, 5.74) is 5.53. The van der Waals surface area contributed by atoms with E-state index in [0.717, 1.165) is 59.9 Å². The summed E-state index contributed by atoms with van der Waals surface area (Å²) in [5.74, 6) is -1.55. The summed E-state index contributed by atoms with van der Waals surface area (Å²) in [7, 11) is 0. The van der Waals surface area contributed by atoms with Crippen LogP contribution < -0.4 is 4.74 Å². The first-order valence-corrected chi connectivity index (χ1v) is 14.2. The standard InChI is InChI=1S/C34H36F2O3/c1-20-8-12-28(35)25(16-20)23-11-9-21(17-24(23)26-7-5-14-33(26,2)3)19-39-29-13-10-22-6-4-15-34(30(22)31(29)36)18-27(34)32(37)38/h8-13,16-17,26-27H,4-7,14-15,18-19H2,1-3H3,(H,37,38)/t26-,27+,34-/m0/s1. The lowest BCUT2D eigenvalue weighted by Crippen LogP contribution is -2.23. The molecule has 5 heteroatoms. The quantitative estimate of drug-likeness (QED) is 0.348. The van der Waals surface area contributed by atoms with Gasteiger partial charge in [-0.05, 0) is 97.2 Å². The number of ether oxygens (including phenoxy) is 1. The molecule has 3 aromatic rings. The Balaban J connectivity index is 1.33. The molecule has 39 heavy (non-hydrogen) atoms. The third kappa shape index (κ3) is 4.44. The lowest BCUT2D eigenvalue weighted by molar-refractivity contribution is -0.139. The largest absolute Gasteiger partial charge is 0.486 e. The molecule has 3 aliphatic carbocycles. The summed E-state index contributed by atoms with van der Waals surface area (Å²) in [5, 5.41) is 9.62. The maximum Gasteiger partial charge on any atom is 0.307 e. The number of fused-ring (bicyclic) bond motifs is 2. The molecule has 0 unspecified atom stereocenters. The monoisotopic (exact) mass is 530 g/mol. The van der Waals surface area contributed by atoms with Gasteiger partial charge in [0.2, 0.25) is 0 Å². The van der Waals surface area contributed by atoms with Crippen molar-refractivity contribution in [2.24, 2.45) is 11.3 Å². The Hall–Kier alpha value is -3.21. The molecule has 0 heterocycles. The van der Waals surface area contributed by atoms with Gasteiger partial charge in [0.25, 0.3) is 0 Å².